The van der Waals surface area contributed by atoms with Gasteiger partial charge < -0.3 is 4.43 Å². The molecule has 0 heterocycles. The molecule has 18 heavy (non-hydrogen) atoms. The summed E-state index contributed by atoms with van der Waals surface area (Å²) in [6, 6.07) is 3.47. The topological polar surface area (TPSA) is 52.4 Å². The highest BCUT2D eigenvalue weighted by atomic mass is 28.4. The molecule has 0 spiro atoms. The molecule has 4 nitrogen and oxygen atoms in total. The summed E-state index contributed by atoms with van der Waals surface area (Å²) < 4.78 is 19.5. The quantitative estimate of drug-likeness (QED) is 0.472. The number of hydrogen-bond acceptors (Lipinski definition) is 3. The van der Waals surface area contributed by atoms with Gasteiger partial charge in [-0.2, -0.15) is 0 Å². The lowest BCUT2D eigenvalue weighted by atomic mass is 10.2. The van der Waals surface area contributed by atoms with Crippen LogP contribution in [0.4, 0.5) is 10.1 Å². The molecule has 0 N–H and O–H groups in total. The average molecular weight is 271 g/mol. The molecular weight excluding hydrogens is 253 g/mol. The van der Waals surface area contributed by atoms with Gasteiger partial charge in [0.15, 0.2) is 5.82 Å². The van der Waals surface area contributed by atoms with E-state index in [1.54, 1.807) is 0 Å². The molecule has 0 fully saturated rings. The third-order valence-electron chi connectivity index (χ3n) is 3.30. The smallest absolute Gasteiger partial charge is 0.272 e. The van der Waals surface area contributed by atoms with Crippen LogP contribution >= 0.6 is 0 Å². The minimum atomic E-state index is -2.13. The summed E-state index contributed by atoms with van der Waals surface area (Å²) in [4.78, 5) is 9.89. The zero-order valence-corrected chi connectivity index (χ0v) is 12.3. The van der Waals surface area contributed by atoms with Gasteiger partial charge in [-0.25, -0.2) is 4.39 Å². The van der Waals surface area contributed by atoms with Crippen molar-refractivity contribution in [3.8, 4) is 5.75 Å². The average Bonchev–Trinajstić information content (AvgIpc) is 2.18. The molecule has 0 aliphatic heterocycles. The van der Waals surface area contributed by atoms with Crippen LogP contribution in [0.3, 0.4) is 0 Å². The van der Waals surface area contributed by atoms with Gasteiger partial charge in [0.05, 0.1) is 11.0 Å². The van der Waals surface area contributed by atoms with Crippen LogP contribution in [0.5, 0.6) is 5.75 Å². The van der Waals surface area contributed by atoms with E-state index in [4.69, 9.17) is 4.43 Å². The molecular formula is C12H18FNO3Si. The molecule has 0 aliphatic carbocycles. The van der Waals surface area contributed by atoms with Crippen molar-refractivity contribution < 1.29 is 13.7 Å². The van der Waals surface area contributed by atoms with E-state index in [0.717, 1.165) is 6.07 Å². The first-order valence-corrected chi connectivity index (χ1v) is 8.58. The second kappa shape index (κ2) is 4.68. The van der Waals surface area contributed by atoms with Crippen LogP contribution in [0.1, 0.15) is 20.8 Å². The van der Waals surface area contributed by atoms with Crippen LogP contribution < -0.4 is 4.43 Å². The highest BCUT2D eigenvalue weighted by Gasteiger charge is 2.39. The Bertz CT molecular complexity index is 469. The lowest BCUT2D eigenvalue weighted by Gasteiger charge is -2.36. The van der Waals surface area contributed by atoms with Gasteiger partial charge in [-0.15, -0.1) is 0 Å². The predicted molar refractivity (Wildman–Crippen MR) is 70.9 cm³/mol. The van der Waals surface area contributed by atoms with Crippen molar-refractivity contribution in [1.29, 1.82) is 0 Å². The molecule has 100 valence electrons. The largest absolute Gasteiger partial charge is 0.542 e. The maximum atomic E-state index is 13.7. The molecule has 0 unspecified atom stereocenters. The first kappa shape index (κ1) is 14.6. The minimum absolute atomic E-state index is 0.0544. The Morgan fingerprint density at radius 1 is 1.33 bits per heavy atom. The van der Waals surface area contributed by atoms with Crippen LogP contribution in [0.2, 0.25) is 18.1 Å². The molecule has 0 bridgehead atoms. The number of non-ortho nitro benzene ring substituents is 1. The first-order chi connectivity index (χ1) is 8.04. The SMILES string of the molecule is CC(C)(C)[Si](C)(C)Oc1ccc([N+](=O)[O-])cc1F. The monoisotopic (exact) mass is 271 g/mol. The van der Waals surface area contributed by atoms with Gasteiger partial charge in [-0.3, -0.25) is 10.1 Å². The third-order valence-corrected chi connectivity index (χ3v) is 7.64. The molecule has 6 heteroatoms. The van der Waals surface area contributed by atoms with Crippen LogP contribution in [-0.2, 0) is 0 Å². The fraction of sp³-hybridized carbons (Fsp3) is 0.500. The summed E-state index contributed by atoms with van der Waals surface area (Å²) in [7, 11) is -2.13. The molecule has 0 radical (unpaired) electrons. The molecule has 0 aromatic heterocycles. The van der Waals surface area contributed by atoms with E-state index in [0.29, 0.717) is 0 Å². The molecule has 1 aromatic carbocycles. The Morgan fingerprint density at radius 3 is 2.28 bits per heavy atom. The van der Waals surface area contributed by atoms with E-state index in [1.807, 2.05) is 33.9 Å². The zero-order chi connectivity index (χ0) is 14.1. The summed E-state index contributed by atoms with van der Waals surface area (Å²) in [5, 5.41) is 10.5. The van der Waals surface area contributed by atoms with Crippen molar-refractivity contribution in [2.75, 3.05) is 0 Å². The van der Waals surface area contributed by atoms with Gasteiger partial charge in [-0.1, -0.05) is 20.8 Å². The van der Waals surface area contributed by atoms with Crippen molar-refractivity contribution in [2.45, 2.75) is 38.9 Å². The molecule has 0 amide bonds. The summed E-state index contributed by atoms with van der Waals surface area (Å²) in [5.41, 5.74) is -0.268. The number of benzene rings is 1. The van der Waals surface area contributed by atoms with Gasteiger partial charge in [0.1, 0.15) is 5.75 Å². The Balaban J connectivity index is 3.03. The lowest BCUT2D eigenvalue weighted by molar-refractivity contribution is -0.385. The molecule has 0 aliphatic rings. The van der Waals surface area contributed by atoms with E-state index in [9.17, 15) is 14.5 Å². The molecule has 1 rings (SSSR count). The Morgan fingerprint density at radius 2 is 1.89 bits per heavy atom. The summed E-state index contributed by atoms with van der Waals surface area (Å²) in [6.07, 6.45) is 0. The maximum Gasteiger partial charge on any atom is 0.272 e. The second-order valence-electron chi connectivity index (χ2n) is 5.73. The highest BCUT2D eigenvalue weighted by Crippen LogP contribution is 2.38. The predicted octanol–water partition coefficient (Wildman–Crippen LogP) is 4.12. The fourth-order valence-electron chi connectivity index (χ4n) is 1.11. The van der Waals surface area contributed by atoms with E-state index < -0.39 is 19.1 Å². The number of rotatable bonds is 3. The summed E-state index contributed by atoms with van der Waals surface area (Å²) >= 11 is 0. The fourth-order valence-corrected chi connectivity index (χ4v) is 2.14. The van der Waals surface area contributed by atoms with Crippen molar-refractivity contribution in [1.82, 2.24) is 0 Å². The molecule has 0 atom stereocenters. The zero-order valence-electron chi connectivity index (χ0n) is 11.3. The molecule has 0 saturated heterocycles. The molecule has 1 aromatic rings. The standard InChI is InChI=1S/C12H18FNO3Si/c1-12(2,3)18(4,5)17-11-7-6-9(14(15)16)8-10(11)13/h6-8H,1-5H3. The normalized spacial score (nSPS) is 12.3. The third kappa shape index (κ3) is 3.07. The Hall–Kier alpha value is -1.43. The van der Waals surface area contributed by atoms with Gasteiger partial charge in [0, 0.05) is 6.07 Å². The van der Waals surface area contributed by atoms with Crippen LogP contribution in [-0.4, -0.2) is 13.2 Å². The van der Waals surface area contributed by atoms with E-state index in [2.05, 4.69) is 0 Å². The van der Waals surface area contributed by atoms with Crippen molar-refractivity contribution in [3.05, 3.63) is 34.1 Å². The van der Waals surface area contributed by atoms with Crippen molar-refractivity contribution in [2.24, 2.45) is 0 Å². The summed E-state index contributed by atoms with van der Waals surface area (Å²) in [6.45, 7) is 10.1. The highest BCUT2D eigenvalue weighted by molar-refractivity contribution is 6.74. The maximum absolute atomic E-state index is 13.7. The van der Waals surface area contributed by atoms with E-state index >= 15 is 0 Å². The number of nitro groups is 1. The van der Waals surface area contributed by atoms with Crippen molar-refractivity contribution >= 4 is 14.0 Å². The number of nitrogens with zero attached hydrogens (tertiary/aromatic N) is 1. The number of halogens is 1. The second-order valence-corrected chi connectivity index (χ2v) is 10.5. The lowest BCUT2D eigenvalue weighted by Crippen LogP contribution is -2.44. The van der Waals surface area contributed by atoms with Gasteiger partial charge in [0.25, 0.3) is 14.0 Å². The van der Waals surface area contributed by atoms with E-state index in [1.165, 1.54) is 12.1 Å². The Labute approximate surface area is 107 Å². The van der Waals surface area contributed by atoms with Gasteiger partial charge in [0.2, 0.25) is 0 Å². The number of nitro benzene ring substituents is 1. The van der Waals surface area contributed by atoms with Crippen LogP contribution in [0, 0.1) is 15.9 Å². The minimum Gasteiger partial charge on any atom is -0.542 e. The van der Waals surface area contributed by atoms with Crippen LogP contribution in [0.25, 0.3) is 0 Å². The van der Waals surface area contributed by atoms with Crippen LogP contribution in [0.15, 0.2) is 18.2 Å². The number of hydrogen-bond donors (Lipinski definition) is 0. The molecule has 0 saturated carbocycles. The van der Waals surface area contributed by atoms with Gasteiger partial charge >= 0.3 is 0 Å². The Kier molecular flexibility index (Phi) is 3.80. The van der Waals surface area contributed by atoms with Crippen molar-refractivity contribution in [3.63, 3.8) is 0 Å². The summed E-state index contributed by atoms with van der Waals surface area (Å²) in [5.74, 6) is -0.596. The van der Waals surface area contributed by atoms with E-state index in [-0.39, 0.29) is 16.5 Å². The van der Waals surface area contributed by atoms with Gasteiger partial charge in [-0.05, 0) is 24.2 Å². The first-order valence-electron chi connectivity index (χ1n) is 5.67.